The normalized spacial score (nSPS) is 15.5. The van der Waals surface area contributed by atoms with E-state index in [1.807, 2.05) is 0 Å². The number of rotatable bonds is 3. The second kappa shape index (κ2) is 8.26. The van der Waals surface area contributed by atoms with E-state index in [9.17, 15) is 14.4 Å². The highest BCUT2D eigenvalue weighted by Crippen LogP contribution is 2.33. The van der Waals surface area contributed by atoms with E-state index in [1.165, 1.54) is 0 Å². The van der Waals surface area contributed by atoms with Crippen LogP contribution in [0.1, 0.15) is 71.3 Å². The number of ether oxygens (including phenoxy) is 4. The van der Waals surface area contributed by atoms with Crippen LogP contribution in [-0.4, -0.2) is 46.4 Å². The van der Waals surface area contributed by atoms with Crippen LogP contribution in [0.2, 0.25) is 0 Å². The van der Waals surface area contributed by atoms with Gasteiger partial charge in [0.15, 0.2) is 5.78 Å². The number of carbonyl (C=O) groups is 3. The molecule has 1 heterocycles. The Morgan fingerprint density at radius 1 is 1.00 bits per heavy atom. The third-order valence-corrected chi connectivity index (χ3v) is 3.88. The van der Waals surface area contributed by atoms with E-state index >= 15 is 0 Å². The van der Waals surface area contributed by atoms with E-state index in [-0.39, 0.29) is 6.61 Å². The zero-order valence-corrected chi connectivity index (χ0v) is 19.0. The molecule has 30 heavy (non-hydrogen) atoms. The van der Waals surface area contributed by atoms with Gasteiger partial charge in [-0.25, -0.2) is 14.5 Å². The Morgan fingerprint density at radius 2 is 1.53 bits per heavy atom. The molecule has 8 nitrogen and oxygen atoms in total. The summed E-state index contributed by atoms with van der Waals surface area (Å²) >= 11 is 0. The fraction of sp³-hybridized carbons (Fsp3) is 0.591. The monoisotopic (exact) mass is 421 g/mol. The average Bonchev–Trinajstić information content (AvgIpc) is 2.54. The van der Waals surface area contributed by atoms with Crippen LogP contribution < -0.4 is 4.74 Å². The first-order valence-corrected chi connectivity index (χ1v) is 9.79. The van der Waals surface area contributed by atoms with Gasteiger partial charge in [0.1, 0.15) is 17.0 Å². The number of Topliss-reactive ketones (excluding diaryl/α,β-unsaturated/α-hetero) is 1. The summed E-state index contributed by atoms with van der Waals surface area (Å²) < 4.78 is 22.0. The highest BCUT2D eigenvalue weighted by molar-refractivity contribution is 6.03. The first kappa shape index (κ1) is 23.7. The van der Waals surface area contributed by atoms with Gasteiger partial charge < -0.3 is 18.9 Å². The van der Waals surface area contributed by atoms with Crippen molar-refractivity contribution < 1.29 is 33.3 Å². The van der Waals surface area contributed by atoms with Crippen LogP contribution in [0.5, 0.6) is 5.75 Å². The van der Waals surface area contributed by atoms with Crippen molar-refractivity contribution in [1.82, 2.24) is 4.90 Å². The van der Waals surface area contributed by atoms with Crippen molar-refractivity contribution in [2.24, 2.45) is 0 Å². The molecule has 1 aliphatic heterocycles. The van der Waals surface area contributed by atoms with Gasteiger partial charge in [-0.15, -0.1) is 0 Å². The highest BCUT2D eigenvalue weighted by Gasteiger charge is 2.35. The maximum atomic E-state index is 13.1. The van der Waals surface area contributed by atoms with Gasteiger partial charge in [-0.2, -0.15) is 0 Å². The van der Waals surface area contributed by atoms with Crippen molar-refractivity contribution in [3.8, 4) is 5.75 Å². The minimum absolute atomic E-state index is 0.170. The Bertz CT molecular complexity index is 803. The molecule has 1 aliphatic rings. The van der Waals surface area contributed by atoms with E-state index in [1.54, 1.807) is 73.6 Å². The summed E-state index contributed by atoms with van der Waals surface area (Å²) in [5, 5.41) is 0. The number of benzene rings is 1. The quantitative estimate of drug-likeness (QED) is 0.654. The Morgan fingerprint density at radius 3 is 2.03 bits per heavy atom. The lowest BCUT2D eigenvalue weighted by Crippen LogP contribution is -2.46. The first-order chi connectivity index (χ1) is 13.6. The minimum atomic E-state index is -0.955. The third kappa shape index (κ3) is 6.45. The molecule has 166 valence electrons. The first-order valence-electron chi connectivity index (χ1n) is 9.79. The summed E-state index contributed by atoms with van der Waals surface area (Å²) in [6.07, 6.45) is -1.91. The molecule has 2 amide bonds. The number of ketones is 1. The van der Waals surface area contributed by atoms with Crippen LogP contribution >= 0.6 is 0 Å². The molecule has 0 spiro atoms. The number of nitrogens with zero attached hydrogens (tertiary/aromatic N) is 1. The van der Waals surface area contributed by atoms with Crippen LogP contribution in [0.15, 0.2) is 18.2 Å². The SMILES string of the molecule is CC(C)(C)OC(=O)N(CC(=O)c1cccc2c1COC(C)(C)O2)C(=O)OC(C)(C)C. The molecule has 1 aromatic carbocycles. The molecule has 0 fully saturated rings. The summed E-state index contributed by atoms with van der Waals surface area (Å²) in [4.78, 5) is 39.0. The van der Waals surface area contributed by atoms with E-state index in [0.717, 1.165) is 0 Å². The molecule has 0 aliphatic carbocycles. The van der Waals surface area contributed by atoms with Gasteiger partial charge in [-0.3, -0.25) is 4.79 Å². The average molecular weight is 421 g/mol. The summed E-state index contributed by atoms with van der Waals surface area (Å²) in [5.41, 5.74) is -0.825. The van der Waals surface area contributed by atoms with Crippen molar-refractivity contribution >= 4 is 18.0 Å². The second-order valence-electron chi connectivity index (χ2n) is 9.54. The molecule has 8 heteroatoms. The number of hydrogen-bond acceptors (Lipinski definition) is 7. The third-order valence-electron chi connectivity index (χ3n) is 3.88. The summed E-state index contributed by atoms with van der Waals surface area (Å²) in [6, 6.07) is 5.03. The van der Waals surface area contributed by atoms with Crippen LogP contribution in [0.4, 0.5) is 9.59 Å². The molecule has 0 radical (unpaired) electrons. The number of amides is 2. The fourth-order valence-corrected chi connectivity index (χ4v) is 2.68. The topological polar surface area (TPSA) is 91.4 Å². The molecule has 0 saturated heterocycles. The number of imide groups is 1. The Labute approximate surface area is 177 Å². The zero-order chi connectivity index (χ0) is 22.9. The van der Waals surface area contributed by atoms with Crippen LogP contribution in [0.3, 0.4) is 0 Å². The van der Waals surface area contributed by atoms with Crippen molar-refractivity contribution in [3.63, 3.8) is 0 Å². The van der Waals surface area contributed by atoms with Gasteiger partial charge in [0.2, 0.25) is 5.79 Å². The lowest BCUT2D eigenvalue weighted by atomic mass is 10.0. The van der Waals surface area contributed by atoms with Crippen molar-refractivity contribution in [2.75, 3.05) is 6.54 Å². The summed E-state index contributed by atoms with van der Waals surface area (Å²) in [7, 11) is 0. The Kier molecular flexibility index (Phi) is 6.51. The van der Waals surface area contributed by atoms with Gasteiger partial charge in [-0.1, -0.05) is 12.1 Å². The maximum absolute atomic E-state index is 13.1. The van der Waals surface area contributed by atoms with Gasteiger partial charge in [0.05, 0.1) is 13.2 Å². The largest absolute Gasteiger partial charge is 0.463 e. The smallest absolute Gasteiger partial charge is 0.420 e. The molecule has 0 N–H and O–H groups in total. The summed E-state index contributed by atoms with van der Waals surface area (Å²) in [5.74, 6) is -0.748. The van der Waals surface area contributed by atoms with Gasteiger partial charge in [0, 0.05) is 25.0 Å². The standard InChI is InChI=1S/C22H31NO7/c1-20(2,3)29-18(25)23(19(26)30-21(4,5)6)12-16(24)14-10-9-11-17-15(14)13-27-22(7,8)28-17/h9-11H,12-13H2,1-8H3. The molecule has 0 saturated carbocycles. The highest BCUT2D eigenvalue weighted by atomic mass is 16.7. The molecule has 1 aromatic rings. The lowest BCUT2D eigenvalue weighted by molar-refractivity contribution is -0.180. The molecule has 0 aromatic heterocycles. The van der Waals surface area contributed by atoms with Crippen LogP contribution in [0.25, 0.3) is 0 Å². The number of carbonyl (C=O) groups excluding carboxylic acids is 3. The Hall–Kier alpha value is -2.61. The van der Waals surface area contributed by atoms with Crippen molar-refractivity contribution in [3.05, 3.63) is 29.3 Å². The fourth-order valence-electron chi connectivity index (χ4n) is 2.68. The van der Waals surface area contributed by atoms with Gasteiger partial charge >= 0.3 is 12.2 Å². The maximum Gasteiger partial charge on any atom is 0.420 e. The molecule has 0 unspecified atom stereocenters. The Balaban J connectivity index is 2.30. The van der Waals surface area contributed by atoms with Gasteiger partial charge in [0.25, 0.3) is 0 Å². The lowest BCUT2D eigenvalue weighted by Gasteiger charge is -2.33. The predicted octanol–water partition coefficient (Wildman–Crippen LogP) is 4.69. The zero-order valence-electron chi connectivity index (χ0n) is 19.0. The molecule has 0 bridgehead atoms. The van der Waals surface area contributed by atoms with Gasteiger partial charge in [-0.05, 0) is 47.6 Å². The molecule has 2 rings (SSSR count). The van der Waals surface area contributed by atoms with E-state index < -0.39 is 41.5 Å². The van der Waals surface area contributed by atoms with Crippen LogP contribution in [-0.2, 0) is 20.8 Å². The molecule has 0 atom stereocenters. The molecular weight excluding hydrogens is 390 g/mol. The van der Waals surface area contributed by atoms with Crippen molar-refractivity contribution in [1.29, 1.82) is 0 Å². The predicted molar refractivity (Wildman–Crippen MR) is 109 cm³/mol. The molecular formula is C22H31NO7. The minimum Gasteiger partial charge on any atom is -0.463 e. The second-order valence-corrected chi connectivity index (χ2v) is 9.54. The van der Waals surface area contributed by atoms with Crippen molar-refractivity contribution in [2.45, 2.75) is 79.0 Å². The van der Waals surface area contributed by atoms with E-state index in [2.05, 4.69) is 0 Å². The van der Waals surface area contributed by atoms with Crippen LogP contribution in [0, 0.1) is 0 Å². The number of hydrogen-bond donors (Lipinski definition) is 0. The van der Waals surface area contributed by atoms with E-state index in [0.29, 0.717) is 21.8 Å². The summed E-state index contributed by atoms with van der Waals surface area (Å²) in [6.45, 7) is 13.2. The number of fused-ring (bicyclic) bond motifs is 1. The van der Waals surface area contributed by atoms with E-state index in [4.69, 9.17) is 18.9 Å².